The molecule has 26 heavy (non-hydrogen) atoms. The van der Waals surface area contributed by atoms with Crippen molar-refractivity contribution in [2.24, 2.45) is 0 Å². The fourth-order valence-electron chi connectivity index (χ4n) is 3.02. The van der Waals surface area contributed by atoms with Crippen LogP contribution in [-0.4, -0.2) is 61.1 Å². The molecule has 3 heterocycles. The number of piperidine rings is 1. The Morgan fingerprint density at radius 2 is 2.04 bits per heavy atom. The zero-order valence-electron chi connectivity index (χ0n) is 14.8. The van der Waals surface area contributed by atoms with Crippen molar-refractivity contribution in [1.82, 2.24) is 30.2 Å². The molecule has 2 N–H and O–H groups in total. The molecule has 1 amide bonds. The number of nitrogens with one attached hydrogen (secondary N) is 1. The van der Waals surface area contributed by atoms with Gasteiger partial charge in [-0.15, -0.1) is 17.5 Å². The van der Waals surface area contributed by atoms with E-state index in [1.165, 1.54) is 0 Å². The van der Waals surface area contributed by atoms with E-state index in [-0.39, 0.29) is 18.3 Å². The Kier molecular flexibility index (Phi) is 7.07. The van der Waals surface area contributed by atoms with Crippen LogP contribution in [0.4, 0.5) is 0 Å². The van der Waals surface area contributed by atoms with Crippen molar-refractivity contribution in [3.63, 3.8) is 0 Å². The Morgan fingerprint density at radius 1 is 1.35 bits per heavy atom. The highest BCUT2D eigenvalue weighted by atomic mass is 35.5. The molecule has 9 heteroatoms. The van der Waals surface area contributed by atoms with E-state index in [4.69, 9.17) is 0 Å². The molecule has 2 aromatic heterocycles. The van der Waals surface area contributed by atoms with Crippen molar-refractivity contribution in [1.29, 1.82) is 0 Å². The minimum Gasteiger partial charge on any atom is -0.388 e. The van der Waals surface area contributed by atoms with Gasteiger partial charge in [-0.3, -0.25) is 9.78 Å². The fourth-order valence-corrected chi connectivity index (χ4v) is 3.02. The molecule has 0 aliphatic carbocycles. The van der Waals surface area contributed by atoms with Crippen LogP contribution in [0.2, 0.25) is 0 Å². The van der Waals surface area contributed by atoms with Crippen LogP contribution in [0.3, 0.4) is 0 Å². The zero-order valence-corrected chi connectivity index (χ0v) is 15.7. The van der Waals surface area contributed by atoms with Crippen LogP contribution in [0.5, 0.6) is 0 Å². The lowest BCUT2D eigenvalue weighted by Gasteiger charge is -2.32. The van der Waals surface area contributed by atoms with E-state index >= 15 is 0 Å². The van der Waals surface area contributed by atoms with Crippen LogP contribution >= 0.6 is 12.4 Å². The lowest BCUT2D eigenvalue weighted by molar-refractivity contribution is -0.00866. The van der Waals surface area contributed by atoms with Gasteiger partial charge < -0.3 is 15.3 Å². The zero-order chi connectivity index (χ0) is 17.7. The highest BCUT2D eigenvalue weighted by Gasteiger charge is 2.30. The molecule has 0 bridgehead atoms. The molecule has 1 saturated heterocycles. The number of aliphatic hydroxyl groups is 1. The maximum absolute atomic E-state index is 12.7. The number of amides is 1. The second-order valence-corrected chi connectivity index (χ2v) is 6.45. The molecule has 0 saturated carbocycles. The van der Waals surface area contributed by atoms with Gasteiger partial charge in [-0.2, -0.15) is 0 Å². The molecule has 1 aliphatic rings. The summed E-state index contributed by atoms with van der Waals surface area (Å²) in [5, 5.41) is 21.9. The van der Waals surface area contributed by atoms with Gasteiger partial charge >= 0.3 is 0 Å². The first-order valence-electron chi connectivity index (χ1n) is 8.61. The molecule has 3 rings (SSSR count). The minimum absolute atomic E-state index is 0. The Morgan fingerprint density at radius 3 is 2.69 bits per heavy atom. The van der Waals surface area contributed by atoms with E-state index in [2.05, 4.69) is 20.6 Å². The lowest BCUT2D eigenvalue weighted by Crippen LogP contribution is -2.44. The number of hydrogen-bond donors (Lipinski definition) is 2. The molecular formula is C17H25ClN6O2. The molecule has 1 fully saturated rings. The first kappa shape index (κ1) is 20.3. The van der Waals surface area contributed by atoms with Crippen LogP contribution in [0.1, 0.15) is 35.8 Å². The van der Waals surface area contributed by atoms with E-state index < -0.39 is 5.60 Å². The van der Waals surface area contributed by atoms with Gasteiger partial charge in [0.1, 0.15) is 0 Å². The Hall–Kier alpha value is -2.03. The third kappa shape index (κ3) is 5.00. The van der Waals surface area contributed by atoms with Crippen molar-refractivity contribution in [3.05, 3.63) is 42.0 Å². The first-order valence-corrected chi connectivity index (χ1v) is 8.61. The van der Waals surface area contributed by atoms with Crippen LogP contribution in [0.25, 0.3) is 0 Å². The predicted molar refractivity (Wildman–Crippen MR) is 99.0 cm³/mol. The number of nitrogens with zero attached hydrogens (tertiary/aromatic N) is 5. The van der Waals surface area contributed by atoms with Crippen molar-refractivity contribution in [2.75, 3.05) is 19.6 Å². The molecule has 0 aromatic carbocycles. The van der Waals surface area contributed by atoms with Gasteiger partial charge in [0.25, 0.3) is 5.91 Å². The fraction of sp³-hybridized carbons (Fsp3) is 0.529. The topological polar surface area (TPSA) is 96.2 Å². The van der Waals surface area contributed by atoms with Gasteiger partial charge in [-0.05, 0) is 50.6 Å². The minimum atomic E-state index is -0.791. The molecule has 0 spiro atoms. The van der Waals surface area contributed by atoms with E-state index in [1.807, 2.05) is 19.1 Å². The third-order valence-electron chi connectivity index (χ3n) is 4.54. The highest BCUT2D eigenvalue weighted by molar-refractivity contribution is 5.91. The number of aromatic nitrogens is 4. The van der Waals surface area contributed by atoms with E-state index in [1.54, 1.807) is 28.2 Å². The van der Waals surface area contributed by atoms with E-state index in [9.17, 15) is 9.90 Å². The number of carbonyl (C=O) groups excluding carboxylic acids is 1. The number of halogens is 1. The summed E-state index contributed by atoms with van der Waals surface area (Å²) in [6.45, 7) is 4.93. The summed E-state index contributed by atoms with van der Waals surface area (Å²) in [4.78, 5) is 18.4. The van der Waals surface area contributed by atoms with Gasteiger partial charge in [0.2, 0.25) is 0 Å². The van der Waals surface area contributed by atoms with Gasteiger partial charge in [0.05, 0.1) is 18.3 Å². The summed E-state index contributed by atoms with van der Waals surface area (Å²) in [7, 11) is 0. The normalized spacial score (nSPS) is 15.9. The Balaban J connectivity index is 0.00000243. The van der Waals surface area contributed by atoms with E-state index in [0.29, 0.717) is 38.2 Å². The second-order valence-electron chi connectivity index (χ2n) is 6.45. The molecule has 1 aliphatic heterocycles. The Labute approximate surface area is 159 Å². The average molecular weight is 381 g/mol. The largest absolute Gasteiger partial charge is 0.388 e. The molecular weight excluding hydrogens is 356 g/mol. The van der Waals surface area contributed by atoms with E-state index in [0.717, 1.165) is 18.7 Å². The summed E-state index contributed by atoms with van der Waals surface area (Å²) in [6.07, 6.45) is 6.38. The number of rotatable bonds is 6. The smallest absolute Gasteiger partial charge is 0.276 e. The summed E-state index contributed by atoms with van der Waals surface area (Å²) in [5.74, 6) is -0.164. The summed E-state index contributed by atoms with van der Waals surface area (Å²) >= 11 is 0. The molecule has 0 atom stereocenters. The van der Waals surface area contributed by atoms with Gasteiger partial charge in [-0.25, -0.2) is 4.68 Å². The summed E-state index contributed by atoms with van der Waals surface area (Å²) in [5.41, 5.74) is 0.524. The molecule has 0 unspecified atom stereocenters. The molecule has 8 nitrogen and oxygen atoms in total. The number of pyridine rings is 1. The van der Waals surface area contributed by atoms with Crippen LogP contribution in [0.15, 0.2) is 30.7 Å². The second kappa shape index (κ2) is 9.07. The first-order chi connectivity index (χ1) is 12.1. The molecule has 142 valence electrons. The number of carbonyl (C=O) groups is 1. The van der Waals surface area contributed by atoms with Crippen molar-refractivity contribution in [3.8, 4) is 0 Å². The molecule has 2 aromatic rings. The van der Waals surface area contributed by atoms with Crippen molar-refractivity contribution < 1.29 is 9.90 Å². The average Bonchev–Trinajstić information content (AvgIpc) is 3.08. The maximum Gasteiger partial charge on any atom is 0.276 e. The standard InChI is InChI=1S/C17H24N6O2.ClH/c1-2-22(11-14-3-7-18-8-4-14)16(24)15-12-23(21-20-15)13-17(25)5-9-19-10-6-17;/h3-4,7-8,12,19,25H,2,5-6,9-11,13H2,1H3;1H. The van der Waals surface area contributed by atoms with Gasteiger partial charge in [0, 0.05) is 25.5 Å². The number of hydrogen-bond acceptors (Lipinski definition) is 6. The van der Waals surface area contributed by atoms with Crippen molar-refractivity contribution >= 4 is 18.3 Å². The monoisotopic (exact) mass is 380 g/mol. The SMILES string of the molecule is CCN(Cc1ccncc1)C(=O)c1cn(CC2(O)CCNCC2)nn1.Cl. The summed E-state index contributed by atoms with van der Waals surface area (Å²) in [6, 6.07) is 3.78. The van der Waals surface area contributed by atoms with Crippen molar-refractivity contribution in [2.45, 2.75) is 38.5 Å². The summed E-state index contributed by atoms with van der Waals surface area (Å²) < 4.78 is 1.57. The quantitative estimate of drug-likeness (QED) is 0.772. The third-order valence-corrected chi connectivity index (χ3v) is 4.54. The van der Waals surface area contributed by atoms with Crippen LogP contribution in [-0.2, 0) is 13.1 Å². The van der Waals surface area contributed by atoms with Crippen LogP contribution in [0, 0.1) is 0 Å². The van der Waals surface area contributed by atoms with Crippen LogP contribution < -0.4 is 5.32 Å². The van der Waals surface area contributed by atoms with Gasteiger partial charge in [-0.1, -0.05) is 5.21 Å². The van der Waals surface area contributed by atoms with Gasteiger partial charge in [0.15, 0.2) is 5.69 Å². The Bertz CT molecular complexity index is 702. The molecule has 0 radical (unpaired) electrons. The highest BCUT2D eigenvalue weighted by Crippen LogP contribution is 2.20. The predicted octanol–water partition coefficient (Wildman–Crippen LogP) is 0.872. The lowest BCUT2D eigenvalue weighted by atomic mass is 9.92. The maximum atomic E-state index is 12.7.